The number of sulfonamides is 1. The summed E-state index contributed by atoms with van der Waals surface area (Å²) in [5, 5.41) is 3.37. The van der Waals surface area contributed by atoms with Crippen LogP contribution < -0.4 is 4.72 Å². The standard InChI is InChI=1S/C21H17F4N3O2S2/c1-12-8-18-14(9-16(12)22)10-19(28(18)20-4-3-7-31-20)17-6-5-15(11-26-17)32(29,30)27-13(2)21(23,24)25/h3-11,13,27H,1-2H3. The van der Waals surface area contributed by atoms with Gasteiger partial charge in [0.25, 0.3) is 0 Å². The lowest BCUT2D eigenvalue weighted by atomic mass is 10.1. The van der Waals surface area contributed by atoms with Gasteiger partial charge in [-0.15, -0.1) is 11.3 Å². The number of aryl methyl sites for hydroxylation is 1. The van der Waals surface area contributed by atoms with E-state index in [4.69, 9.17) is 0 Å². The molecule has 0 bridgehead atoms. The van der Waals surface area contributed by atoms with Crippen molar-refractivity contribution in [2.75, 3.05) is 0 Å². The molecule has 1 atom stereocenters. The molecule has 0 spiro atoms. The van der Waals surface area contributed by atoms with E-state index < -0.39 is 27.1 Å². The van der Waals surface area contributed by atoms with Crippen LogP contribution in [0, 0.1) is 12.7 Å². The summed E-state index contributed by atoms with van der Waals surface area (Å²) in [5.74, 6) is -0.355. The first-order valence-corrected chi connectivity index (χ1v) is 11.7. The molecule has 3 aromatic heterocycles. The number of pyridine rings is 1. The molecular formula is C21H17F4N3O2S2. The van der Waals surface area contributed by atoms with Crippen LogP contribution in [0.2, 0.25) is 0 Å². The highest BCUT2D eigenvalue weighted by Gasteiger charge is 2.39. The minimum absolute atomic E-state index is 0.355. The highest BCUT2D eigenvalue weighted by Crippen LogP contribution is 2.34. The van der Waals surface area contributed by atoms with E-state index in [1.54, 1.807) is 23.8 Å². The molecule has 4 rings (SSSR count). The van der Waals surface area contributed by atoms with Crippen molar-refractivity contribution >= 4 is 32.3 Å². The zero-order valence-electron chi connectivity index (χ0n) is 16.8. The number of benzene rings is 1. The minimum Gasteiger partial charge on any atom is -0.299 e. The third-order valence-corrected chi connectivity index (χ3v) is 7.32. The second-order valence-corrected chi connectivity index (χ2v) is 9.88. The third kappa shape index (κ3) is 4.15. The Kier molecular flexibility index (Phi) is 5.60. The molecule has 0 radical (unpaired) electrons. The van der Waals surface area contributed by atoms with Crippen molar-refractivity contribution in [2.24, 2.45) is 0 Å². The number of nitrogens with zero attached hydrogens (tertiary/aromatic N) is 2. The van der Waals surface area contributed by atoms with Crippen LogP contribution in [0.1, 0.15) is 12.5 Å². The Morgan fingerprint density at radius 3 is 2.50 bits per heavy atom. The average molecular weight is 484 g/mol. The van der Waals surface area contributed by atoms with Gasteiger partial charge in [0.1, 0.15) is 16.8 Å². The Bertz CT molecular complexity index is 1380. The molecule has 0 aliphatic carbocycles. The lowest BCUT2D eigenvalue weighted by Crippen LogP contribution is -2.42. The summed E-state index contributed by atoms with van der Waals surface area (Å²) < 4.78 is 80.5. The first-order chi connectivity index (χ1) is 15.0. The molecule has 11 heteroatoms. The fourth-order valence-electron chi connectivity index (χ4n) is 3.21. The monoisotopic (exact) mass is 483 g/mol. The molecule has 1 unspecified atom stereocenters. The van der Waals surface area contributed by atoms with Crippen LogP contribution in [0.5, 0.6) is 0 Å². The first-order valence-electron chi connectivity index (χ1n) is 9.38. The van der Waals surface area contributed by atoms with Crippen LogP contribution in [0.25, 0.3) is 27.3 Å². The number of nitrogens with one attached hydrogen (secondary N) is 1. The van der Waals surface area contributed by atoms with Crippen molar-refractivity contribution in [1.82, 2.24) is 14.3 Å². The van der Waals surface area contributed by atoms with Gasteiger partial charge in [-0.05, 0) is 67.3 Å². The molecule has 0 fully saturated rings. The summed E-state index contributed by atoms with van der Waals surface area (Å²) in [6.45, 7) is 2.38. The summed E-state index contributed by atoms with van der Waals surface area (Å²) >= 11 is 1.46. The average Bonchev–Trinajstić information content (AvgIpc) is 3.35. The van der Waals surface area contributed by atoms with Gasteiger partial charge < -0.3 is 0 Å². The number of hydrogen-bond acceptors (Lipinski definition) is 4. The lowest BCUT2D eigenvalue weighted by molar-refractivity contribution is -0.147. The molecular weight excluding hydrogens is 466 g/mol. The number of aromatic nitrogens is 2. The molecule has 168 valence electrons. The summed E-state index contributed by atoms with van der Waals surface area (Å²) in [7, 11) is -4.42. The maximum Gasteiger partial charge on any atom is 0.404 e. The summed E-state index contributed by atoms with van der Waals surface area (Å²) in [6.07, 6.45) is -3.71. The van der Waals surface area contributed by atoms with Gasteiger partial charge in [0.15, 0.2) is 0 Å². The molecule has 3 heterocycles. The fourth-order valence-corrected chi connectivity index (χ4v) is 5.14. The van der Waals surface area contributed by atoms with Gasteiger partial charge in [-0.1, -0.05) is 0 Å². The number of fused-ring (bicyclic) bond motifs is 1. The van der Waals surface area contributed by atoms with E-state index in [0.717, 1.165) is 23.6 Å². The molecule has 5 nitrogen and oxygen atoms in total. The Balaban J connectivity index is 1.78. The van der Waals surface area contributed by atoms with E-state index in [9.17, 15) is 26.0 Å². The predicted octanol–water partition coefficient (Wildman–Crippen LogP) is 5.43. The van der Waals surface area contributed by atoms with Gasteiger partial charge in [-0.3, -0.25) is 9.55 Å². The minimum atomic E-state index is -4.71. The maximum absolute atomic E-state index is 14.1. The number of rotatable bonds is 5. The first kappa shape index (κ1) is 22.4. The smallest absolute Gasteiger partial charge is 0.299 e. The molecule has 0 aliphatic rings. The molecule has 0 amide bonds. The van der Waals surface area contributed by atoms with Gasteiger partial charge in [0.2, 0.25) is 10.0 Å². The van der Waals surface area contributed by atoms with Crippen molar-refractivity contribution in [3.63, 3.8) is 0 Å². The van der Waals surface area contributed by atoms with Gasteiger partial charge in [-0.25, -0.2) is 12.8 Å². The number of thiophene rings is 1. The van der Waals surface area contributed by atoms with Crippen molar-refractivity contribution in [2.45, 2.75) is 31.0 Å². The van der Waals surface area contributed by atoms with Gasteiger partial charge in [-0.2, -0.15) is 17.9 Å². The summed E-state index contributed by atoms with van der Waals surface area (Å²) in [5.41, 5.74) is 2.20. The van der Waals surface area contributed by atoms with Gasteiger partial charge >= 0.3 is 6.18 Å². The van der Waals surface area contributed by atoms with Crippen LogP contribution in [0.3, 0.4) is 0 Å². The molecule has 32 heavy (non-hydrogen) atoms. The van der Waals surface area contributed by atoms with E-state index >= 15 is 0 Å². The zero-order chi connectivity index (χ0) is 23.3. The summed E-state index contributed by atoms with van der Waals surface area (Å²) in [6, 6.07) is 8.97. The van der Waals surface area contributed by atoms with Gasteiger partial charge in [0.05, 0.1) is 21.9 Å². The van der Waals surface area contributed by atoms with E-state index in [2.05, 4.69) is 4.98 Å². The largest absolute Gasteiger partial charge is 0.404 e. The zero-order valence-corrected chi connectivity index (χ0v) is 18.4. The number of hydrogen-bond donors (Lipinski definition) is 1. The second kappa shape index (κ2) is 7.98. The molecule has 4 aromatic rings. The van der Waals surface area contributed by atoms with E-state index in [-0.39, 0.29) is 5.82 Å². The number of alkyl halides is 3. The molecule has 1 aromatic carbocycles. The van der Waals surface area contributed by atoms with Crippen molar-refractivity contribution in [1.29, 1.82) is 0 Å². The molecule has 0 saturated heterocycles. The van der Waals surface area contributed by atoms with Crippen molar-refractivity contribution in [3.05, 3.63) is 65.4 Å². The van der Waals surface area contributed by atoms with E-state index in [1.165, 1.54) is 29.5 Å². The van der Waals surface area contributed by atoms with Crippen LogP contribution in [0.4, 0.5) is 17.6 Å². The SMILES string of the molecule is Cc1cc2c(cc1F)cc(-c1ccc(S(=O)(=O)NC(C)C(F)(F)F)cn1)n2-c1cccs1. The topological polar surface area (TPSA) is 64.0 Å². The molecule has 0 aliphatic heterocycles. The summed E-state index contributed by atoms with van der Waals surface area (Å²) in [4.78, 5) is 3.79. The van der Waals surface area contributed by atoms with Crippen LogP contribution in [-0.2, 0) is 10.0 Å². The third-order valence-electron chi connectivity index (χ3n) is 4.94. The van der Waals surface area contributed by atoms with Gasteiger partial charge in [0, 0.05) is 11.6 Å². The molecule has 1 N–H and O–H groups in total. The maximum atomic E-state index is 14.1. The highest BCUT2D eigenvalue weighted by molar-refractivity contribution is 7.89. The van der Waals surface area contributed by atoms with E-state index in [1.807, 2.05) is 22.1 Å². The predicted molar refractivity (Wildman–Crippen MR) is 115 cm³/mol. The second-order valence-electron chi connectivity index (χ2n) is 7.24. The van der Waals surface area contributed by atoms with Crippen LogP contribution >= 0.6 is 11.3 Å². The normalized spacial score (nSPS) is 13.6. The molecule has 0 saturated carbocycles. The van der Waals surface area contributed by atoms with Crippen LogP contribution in [0.15, 0.2) is 58.9 Å². The van der Waals surface area contributed by atoms with Crippen molar-refractivity contribution in [3.8, 4) is 16.4 Å². The Labute approximate surface area is 185 Å². The lowest BCUT2D eigenvalue weighted by Gasteiger charge is -2.17. The highest BCUT2D eigenvalue weighted by atomic mass is 32.2. The van der Waals surface area contributed by atoms with Crippen molar-refractivity contribution < 1.29 is 26.0 Å². The number of halogens is 4. The Hall–Kier alpha value is -2.76. The van der Waals surface area contributed by atoms with Crippen LogP contribution in [-0.4, -0.2) is 30.2 Å². The Morgan fingerprint density at radius 2 is 1.91 bits per heavy atom. The van der Waals surface area contributed by atoms with E-state index in [0.29, 0.717) is 22.3 Å². The fraction of sp³-hybridized carbons (Fsp3) is 0.190. The Morgan fingerprint density at radius 1 is 1.16 bits per heavy atom. The quantitative estimate of drug-likeness (QED) is 0.385.